The minimum Gasteiger partial charge on any atom is -0.388 e. The minimum absolute atomic E-state index is 0.210. The van der Waals surface area contributed by atoms with Gasteiger partial charge in [0.15, 0.2) is 0 Å². The molecule has 0 amide bonds. The third-order valence-electron chi connectivity index (χ3n) is 3.69. The van der Waals surface area contributed by atoms with Crippen LogP contribution in [0.15, 0.2) is 41.6 Å². The number of aliphatic hydroxyl groups is 1. The molecule has 116 valence electrons. The predicted molar refractivity (Wildman–Crippen MR) is 78.9 cm³/mol. The van der Waals surface area contributed by atoms with Crippen LogP contribution in [0.3, 0.4) is 0 Å². The van der Waals surface area contributed by atoms with E-state index in [1.54, 1.807) is 18.5 Å². The maximum Gasteiger partial charge on any atom is 0.294 e. The van der Waals surface area contributed by atoms with Crippen LogP contribution in [0, 0.1) is 0 Å². The normalized spacial score (nSPS) is 18.1. The highest BCUT2D eigenvalue weighted by atomic mass is 32.2. The number of hydrogen-bond acceptors (Lipinski definition) is 6. The molecule has 0 saturated carbocycles. The zero-order chi connectivity index (χ0) is 15.7. The van der Waals surface area contributed by atoms with Gasteiger partial charge in [-0.05, 0) is 36.2 Å². The Morgan fingerprint density at radius 3 is 2.77 bits per heavy atom. The van der Waals surface area contributed by atoms with Crippen molar-refractivity contribution in [3.05, 3.63) is 47.8 Å². The van der Waals surface area contributed by atoms with E-state index in [4.69, 9.17) is 4.55 Å². The van der Waals surface area contributed by atoms with Gasteiger partial charge >= 0.3 is 0 Å². The first-order valence-corrected chi connectivity index (χ1v) is 8.19. The molecule has 8 heteroatoms. The van der Waals surface area contributed by atoms with Gasteiger partial charge < -0.3 is 10.0 Å². The lowest BCUT2D eigenvalue weighted by molar-refractivity contribution is 0.163. The molecule has 7 nitrogen and oxygen atoms in total. The van der Waals surface area contributed by atoms with Gasteiger partial charge in [-0.15, -0.1) is 0 Å². The Kier molecular flexibility index (Phi) is 3.81. The predicted octanol–water partition coefficient (Wildman–Crippen LogP) is 1.17. The molecule has 0 bridgehead atoms. The molecule has 3 rings (SSSR count). The molecule has 0 radical (unpaired) electrons. The molecule has 1 aromatic heterocycles. The summed E-state index contributed by atoms with van der Waals surface area (Å²) in [5, 5.41) is 17.7. The van der Waals surface area contributed by atoms with Crippen LogP contribution in [0.2, 0.25) is 0 Å². The number of nitrogens with zero attached hydrogens (tertiary/aromatic N) is 3. The summed E-state index contributed by atoms with van der Waals surface area (Å²) in [7, 11) is -4.28. The number of aromatic nitrogens is 2. The third-order valence-corrected chi connectivity index (χ3v) is 4.54. The van der Waals surface area contributed by atoms with Crippen LogP contribution >= 0.6 is 0 Å². The Morgan fingerprint density at radius 1 is 1.27 bits per heavy atom. The van der Waals surface area contributed by atoms with Gasteiger partial charge in [-0.25, -0.2) is 0 Å². The number of hydrogen-bond donors (Lipinski definition) is 2. The van der Waals surface area contributed by atoms with Crippen LogP contribution in [-0.2, 0) is 16.7 Å². The molecule has 0 aliphatic carbocycles. The average Bonchev–Trinajstić information content (AvgIpc) is 2.50. The minimum atomic E-state index is -4.28. The standard InChI is InChI=1S/C14H15N3O4S/c18-14-4-6-17(9-10-3-5-15-16-8-10)13-2-1-11(7-12(13)14)22(19,20)21/h1-3,5,7-8,14,18H,4,6,9H2,(H,19,20,21). The van der Waals surface area contributed by atoms with Crippen molar-refractivity contribution < 1.29 is 18.1 Å². The van der Waals surface area contributed by atoms with E-state index in [0.29, 0.717) is 25.1 Å². The van der Waals surface area contributed by atoms with Gasteiger partial charge in [0.1, 0.15) is 0 Å². The van der Waals surface area contributed by atoms with E-state index >= 15 is 0 Å². The van der Waals surface area contributed by atoms with Crippen LogP contribution in [-0.4, -0.2) is 34.8 Å². The van der Waals surface area contributed by atoms with Crippen molar-refractivity contribution in [2.24, 2.45) is 0 Å². The van der Waals surface area contributed by atoms with E-state index in [9.17, 15) is 13.5 Å². The van der Waals surface area contributed by atoms with Crippen LogP contribution in [0.25, 0.3) is 0 Å². The first-order valence-electron chi connectivity index (χ1n) is 6.75. The smallest absolute Gasteiger partial charge is 0.294 e. The molecule has 2 heterocycles. The van der Waals surface area contributed by atoms with Crippen LogP contribution < -0.4 is 4.90 Å². The Labute approximate surface area is 128 Å². The van der Waals surface area contributed by atoms with Gasteiger partial charge in [-0.3, -0.25) is 4.55 Å². The molecule has 0 spiro atoms. The van der Waals surface area contributed by atoms with Crippen LogP contribution in [0.4, 0.5) is 5.69 Å². The monoisotopic (exact) mass is 321 g/mol. The van der Waals surface area contributed by atoms with Gasteiger partial charge in [0.05, 0.1) is 17.2 Å². The van der Waals surface area contributed by atoms with E-state index in [0.717, 1.165) is 11.3 Å². The summed E-state index contributed by atoms with van der Waals surface area (Å²) in [4.78, 5) is 1.82. The van der Waals surface area contributed by atoms with Crippen molar-refractivity contribution in [1.29, 1.82) is 0 Å². The molecule has 22 heavy (non-hydrogen) atoms. The molecule has 2 aromatic rings. The van der Waals surface area contributed by atoms with Crippen molar-refractivity contribution in [3.8, 4) is 0 Å². The van der Waals surface area contributed by atoms with Crippen LogP contribution in [0.1, 0.15) is 23.7 Å². The molecule has 2 N–H and O–H groups in total. The van der Waals surface area contributed by atoms with E-state index in [-0.39, 0.29) is 4.90 Å². The fourth-order valence-electron chi connectivity index (χ4n) is 2.60. The van der Waals surface area contributed by atoms with E-state index in [1.165, 1.54) is 12.1 Å². The SMILES string of the molecule is O=S(=O)(O)c1ccc2c(c1)C(O)CCN2Cc1ccnnc1. The summed E-state index contributed by atoms with van der Waals surface area (Å²) in [5.41, 5.74) is 2.22. The maximum absolute atomic E-state index is 11.2. The molecule has 1 aliphatic heterocycles. The molecule has 1 aromatic carbocycles. The van der Waals surface area contributed by atoms with Gasteiger partial charge in [0.25, 0.3) is 10.1 Å². The summed E-state index contributed by atoms with van der Waals surface area (Å²) in [6.45, 7) is 1.22. The zero-order valence-corrected chi connectivity index (χ0v) is 12.4. The summed E-state index contributed by atoms with van der Waals surface area (Å²) in [5.74, 6) is 0. The zero-order valence-electron chi connectivity index (χ0n) is 11.6. The fourth-order valence-corrected chi connectivity index (χ4v) is 3.11. The van der Waals surface area contributed by atoms with E-state index < -0.39 is 16.2 Å². The maximum atomic E-state index is 11.2. The van der Waals surface area contributed by atoms with E-state index in [1.807, 2.05) is 11.0 Å². The van der Waals surface area contributed by atoms with Gasteiger partial charge in [0.2, 0.25) is 0 Å². The quantitative estimate of drug-likeness (QED) is 0.818. The van der Waals surface area contributed by atoms with Gasteiger partial charge in [0, 0.05) is 30.5 Å². The van der Waals surface area contributed by atoms with Crippen molar-refractivity contribution in [2.45, 2.75) is 24.0 Å². The second-order valence-corrected chi connectivity index (χ2v) is 6.59. The lowest BCUT2D eigenvalue weighted by atomic mass is 9.98. The number of benzene rings is 1. The first-order chi connectivity index (χ1) is 10.4. The first kappa shape index (κ1) is 14.9. The number of rotatable bonds is 3. The Hall–Kier alpha value is -2.03. The molecule has 0 saturated heterocycles. The average molecular weight is 321 g/mol. The van der Waals surface area contributed by atoms with Crippen molar-refractivity contribution in [1.82, 2.24) is 10.2 Å². The number of anilines is 1. The fraction of sp³-hybridized carbons (Fsp3) is 0.286. The van der Waals surface area contributed by atoms with Crippen LogP contribution in [0.5, 0.6) is 0 Å². The highest BCUT2D eigenvalue weighted by molar-refractivity contribution is 7.85. The molecule has 0 fully saturated rings. The molecule has 1 atom stereocenters. The molecular formula is C14H15N3O4S. The van der Waals surface area contributed by atoms with Gasteiger partial charge in [-0.2, -0.15) is 18.6 Å². The highest BCUT2D eigenvalue weighted by Crippen LogP contribution is 2.36. The van der Waals surface area contributed by atoms with Crippen molar-refractivity contribution in [3.63, 3.8) is 0 Å². The highest BCUT2D eigenvalue weighted by Gasteiger charge is 2.25. The molecule has 1 unspecified atom stereocenters. The van der Waals surface area contributed by atoms with Crippen molar-refractivity contribution >= 4 is 15.8 Å². The molecular weight excluding hydrogens is 306 g/mol. The second-order valence-electron chi connectivity index (χ2n) is 5.17. The lowest BCUT2D eigenvalue weighted by Crippen LogP contribution is -2.31. The molecule has 1 aliphatic rings. The summed E-state index contributed by atoms with van der Waals surface area (Å²) < 4.78 is 31.6. The number of aliphatic hydroxyl groups excluding tert-OH is 1. The number of fused-ring (bicyclic) bond motifs is 1. The Balaban J connectivity index is 1.97. The summed E-state index contributed by atoms with van der Waals surface area (Å²) >= 11 is 0. The Morgan fingerprint density at radius 2 is 2.09 bits per heavy atom. The topological polar surface area (TPSA) is 104 Å². The second kappa shape index (κ2) is 5.64. The van der Waals surface area contributed by atoms with Gasteiger partial charge in [-0.1, -0.05) is 0 Å². The third kappa shape index (κ3) is 2.94. The van der Waals surface area contributed by atoms with E-state index in [2.05, 4.69) is 10.2 Å². The largest absolute Gasteiger partial charge is 0.388 e. The van der Waals surface area contributed by atoms with Crippen molar-refractivity contribution in [2.75, 3.05) is 11.4 Å². The summed E-state index contributed by atoms with van der Waals surface area (Å²) in [6, 6.07) is 6.12. The summed E-state index contributed by atoms with van der Waals surface area (Å²) in [6.07, 6.45) is 3.01. The Bertz CT molecular complexity index is 780. The lowest BCUT2D eigenvalue weighted by Gasteiger charge is -2.34.